The minimum absolute atomic E-state index is 0.128. The molecular weight excluding hydrogens is 262 g/mol. The average molecular weight is 285 g/mol. The van der Waals surface area contributed by atoms with Crippen LogP contribution in [0.3, 0.4) is 0 Å². The van der Waals surface area contributed by atoms with Crippen molar-refractivity contribution in [1.82, 2.24) is 10.4 Å². The summed E-state index contributed by atoms with van der Waals surface area (Å²) in [5.41, 5.74) is 6.29. The second-order valence-electron chi connectivity index (χ2n) is 5.82. The molecule has 3 N–H and O–H groups in total. The lowest BCUT2D eigenvalue weighted by Gasteiger charge is -2.27. The van der Waals surface area contributed by atoms with Gasteiger partial charge in [-0.15, -0.1) is 0 Å². The normalized spacial score (nSPS) is 23.6. The minimum atomic E-state index is 0.128. The zero-order valence-electron chi connectivity index (χ0n) is 12.7. The Hall–Kier alpha value is -1.49. The standard InChI is InChI=1S/C17H23N3O/c1-3-16-14(8-9-21-16)17(20-18)13-6-7-15-12(10-13)5-4-11(2)19-15/h4-7,10,14,16-17,20H,3,8-9,18H2,1-2H3. The Morgan fingerprint density at radius 3 is 3.00 bits per heavy atom. The summed E-state index contributed by atoms with van der Waals surface area (Å²) in [6.45, 7) is 5.01. The van der Waals surface area contributed by atoms with E-state index in [2.05, 4.69) is 41.6 Å². The van der Waals surface area contributed by atoms with Crippen LogP contribution < -0.4 is 11.3 Å². The van der Waals surface area contributed by atoms with Gasteiger partial charge in [0.2, 0.25) is 0 Å². The van der Waals surface area contributed by atoms with E-state index in [1.807, 2.05) is 13.0 Å². The van der Waals surface area contributed by atoms with Crippen molar-refractivity contribution in [2.45, 2.75) is 38.8 Å². The fourth-order valence-electron chi connectivity index (χ4n) is 3.37. The quantitative estimate of drug-likeness (QED) is 0.670. The lowest BCUT2D eigenvalue weighted by atomic mass is 9.86. The highest BCUT2D eigenvalue weighted by molar-refractivity contribution is 5.79. The van der Waals surface area contributed by atoms with Crippen molar-refractivity contribution < 1.29 is 4.74 Å². The summed E-state index contributed by atoms with van der Waals surface area (Å²) in [5.74, 6) is 6.28. The number of nitrogens with zero attached hydrogens (tertiary/aromatic N) is 1. The van der Waals surface area contributed by atoms with E-state index in [1.54, 1.807) is 0 Å². The van der Waals surface area contributed by atoms with Gasteiger partial charge in [-0.1, -0.05) is 19.1 Å². The molecule has 1 saturated heterocycles. The van der Waals surface area contributed by atoms with E-state index in [0.717, 1.165) is 36.0 Å². The highest BCUT2D eigenvalue weighted by atomic mass is 16.5. The van der Waals surface area contributed by atoms with Crippen molar-refractivity contribution in [2.75, 3.05) is 6.61 Å². The number of aryl methyl sites for hydroxylation is 1. The number of aromatic nitrogens is 1. The topological polar surface area (TPSA) is 60.2 Å². The van der Waals surface area contributed by atoms with Crippen LogP contribution >= 0.6 is 0 Å². The number of hydrogen-bond acceptors (Lipinski definition) is 4. The van der Waals surface area contributed by atoms with Gasteiger partial charge in [0.1, 0.15) is 0 Å². The van der Waals surface area contributed by atoms with E-state index in [-0.39, 0.29) is 12.1 Å². The molecule has 4 nitrogen and oxygen atoms in total. The SMILES string of the molecule is CCC1OCCC1C(NN)c1ccc2nc(C)ccc2c1. The Morgan fingerprint density at radius 2 is 2.24 bits per heavy atom. The summed E-state index contributed by atoms with van der Waals surface area (Å²) in [6, 6.07) is 10.7. The summed E-state index contributed by atoms with van der Waals surface area (Å²) >= 11 is 0. The molecule has 2 heterocycles. The van der Waals surface area contributed by atoms with E-state index in [0.29, 0.717) is 5.92 Å². The highest BCUT2D eigenvalue weighted by Crippen LogP contribution is 2.35. The van der Waals surface area contributed by atoms with Crippen LogP contribution in [0.1, 0.15) is 37.1 Å². The van der Waals surface area contributed by atoms with Crippen LogP contribution in [0.5, 0.6) is 0 Å². The molecule has 1 aromatic heterocycles. The Morgan fingerprint density at radius 1 is 1.38 bits per heavy atom. The first kappa shape index (κ1) is 14.4. The number of ether oxygens (including phenoxy) is 1. The lowest BCUT2D eigenvalue weighted by molar-refractivity contribution is 0.0774. The third-order valence-electron chi connectivity index (χ3n) is 4.48. The van der Waals surface area contributed by atoms with Crippen LogP contribution in [0.4, 0.5) is 0 Å². The Bertz CT molecular complexity index is 628. The third-order valence-corrected chi connectivity index (χ3v) is 4.48. The molecule has 21 heavy (non-hydrogen) atoms. The molecule has 0 spiro atoms. The van der Waals surface area contributed by atoms with E-state index in [4.69, 9.17) is 10.6 Å². The van der Waals surface area contributed by atoms with E-state index in [1.165, 1.54) is 5.56 Å². The summed E-state index contributed by atoms with van der Waals surface area (Å²) in [5, 5.41) is 1.16. The molecule has 0 radical (unpaired) electrons. The van der Waals surface area contributed by atoms with Crippen molar-refractivity contribution in [2.24, 2.45) is 11.8 Å². The Labute approximate surface area is 125 Å². The van der Waals surface area contributed by atoms with Crippen LogP contribution in [0.15, 0.2) is 30.3 Å². The van der Waals surface area contributed by atoms with Crippen LogP contribution in [0, 0.1) is 12.8 Å². The van der Waals surface area contributed by atoms with Crippen molar-refractivity contribution in [3.05, 3.63) is 41.6 Å². The zero-order chi connectivity index (χ0) is 14.8. The molecule has 3 rings (SSSR count). The zero-order valence-corrected chi connectivity index (χ0v) is 12.7. The first-order valence-electron chi connectivity index (χ1n) is 7.68. The lowest BCUT2D eigenvalue weighted by Crippen LogP contribution is -2.36. The molecule has 2 aromatic rings. The number of nitrogens with two attached hydrogens (primary N) is 1. The molecule has 0 saturated carbocycles. The maximum atomic E-state index is 5.85. The Balaban J connectivity index is 1.95. The van der Waals surface area contributed by atoms with Crippen LogP contribution in [0.2, 0.25) is 0 Å². The monoisotopic (exact) mass is 285 g/mol. The second kappa shape index (κ2) is 6.10. The maximum Gasteiger partial charge on any atom is 0.0705 e. The van der Waals surface area contributed by atoms with Gasteiger partial charge in [-0.3, -0.25) is 16.3 Å². The molecule has 3 atom stereocenters. The second-order valence-corrected chi connectivity index (χ2v) is 5.82. The number of fused-ring (bicyclic) bond motifs is 1. The Kier molecular flexibility index (Phi) is 4.19. The minimum Gasteiger partial charge on any atom is -0.378 e. The average Bonchev–Trinajstić information content (AvgIpc) is 2.96. The number of rotatable bonds is 4. The number of hydrazine groups is 1. The van der Waals surface area contributed by atoms with Gasteiger partial charge in [0.05, 0.1) is 17.7 Å². The van der Waals surface area contributed by atoms with Crippen LogP contribution in [-0.2, 0) is 4.74 Å². The molecule has 0 aliphatic carbocycles. The fourth-order valence-corrected chi connectivity index (χ4v) is 3.37. The van der Waals surface area contributed by atoms with Gasteiger partial charge in [0.15, 0.2) is 0 Å². The van der Waals surface area contributed by atoms with Gasteiger partial charge < -0.3 is 4.74 Å². The maximum absolute atomic E-state index is 5.85. The van der Waals surface area contributed by atoms with Crippen molar-refractivity contribution >= 4 is 10.9 Å². The molecule has 112 valence electrons. The van der Waals surface area contributed by atoms with Crippen molar-refractivity contribution in [1.29, 1.82) is 0 Å². The number of pyridine rings is 1. The molecule has 1 aliphatic rings. The molecule has 1 aliphatic heterocycles. The van der Waals surface area contributed by atoms with Gasteiger partial charge >= 0.3 is 0 Å². The van der Waals surface area contributed by atoms with E-state index < -0.39 is 0 Å². The number of nitrogens with one attached hydrogen (secondary N) is 1. The van der Waals surface area contributed by atoms with Crippen LogP contribution in [0.25, 0.3) is 10.9 Å². The summed E-state index contributed by atoms with van der Waals surface area (Å²) < 4.78 is 5.81. The van der Waals surface area contributed by atoms with Crippen molar-refractivity contribution in [3.8, 4) is 0 Å². The summed E-state index contributed by atoms with van der Waals surface area (Å²) in [7, 11) is 0. The summed E-state index contributed by atoms with van der Waals surface area (Å²) in [6.07, 6.45) is 2.37. The van der Waals surface area contributed by atoms with E-state index in [9.17, 15) is 0 Å². The van der Waals surface area contributed by atoms with Gasteiger partial charge in [0, 0.05) is 23.6 Å². The number of benzene rings is 1. The molecule has 1 aromatic carbocycles. The molecule has 0 amide bonds. The molecule has 4 heteroatoms. The first-order valence-corrected chi connectivity index (χ1v) is 7.68. The van der Waals surface area contributed by atoms with Crippen LogP contribution in [-0.4, -0.2) is 17.7 Å². The predicted octanol–water partition coefficient (Wildman–Crippen LogP) is 2.86. The van der Waals surface area contributed by atoms with Gasteiger partial charge in [-0.05, 0) is 43.5 Å². The van der Waals surface area contributed by atoms with Crippen molar-refractivity contribution in [3.63, 3.8) is 0 Å². The van der Waals surface area contributed by atoms with E-state index >= 15 is 0 Å². The molecule has 3 unspecified atom stereocenters. The third kappa shape index (κ3) is 2.79. The predicted molar refractivity (Wildman–Crippen MR) is 84.7 cm³/mol. The fraction of sp³-hybridized carbons (Fsp3) is 0.471. The van der Waals surface area contributed by atoms with Gasteiger partial charge in [-0.25, -0.2) is 0 Å². The summed E-state index contributed by atoms with van der Waals surface area (Å²) in [4.78, 5) is 4.55. The largest absolute Gasteiger partial charge is 0.378 e. The molecule has 1 fully saturated rings. The highest BCUT2D eigenvalue weighted by Gasteiger charge is 2.34. The van der Waals surface area contributed by atoms with Gasteiger partial charge in [-0.2, -0.15) is 0 Å². The number of hydrogen-bond donors (Lipinski definition) is 2. The van der Waals surface area contributed by atoms with Gasteiger partial charge in [0.25, 0.3) is 0 Å². The smallest absolute Gasteiger partial charge is 0.0705 e. The molecular formula is C17H23N3O. The molecule has 0 bridgehead atoms. The first-order chi connectivity index (χ1) is 10.2.